The number of hydrogen-bond acceptors (Lipinski definition) is 4. The van der Waals surface area contributed by atoms with Crippen LogP contribution < -0.4 is 10.6 Å². The van der Waals surface area contributed by atoms with Crippen LogP contribution in [0.2, 0.25) is 0 Å². The van der Waals surface area contributed by atoms with Crippen molar-refractivity contribution < 1.29 is 4.79 Å². The van der Waals surface area contributed by atoms with E-state index in [4.69, 9.17) is 12.2 Å². The van der Waals surface area contributed by atoms with E-state index in [9.17, 15) is 4.79 Å². The van der Waals surface area contributed by atoms with Gasteiger partial charge in [-0.15, -0.1) is 0 Å². The molecule has 7 nitrogen and oxygen atoms in total. The van der Waals surface area contributed by atoms with E-state index in [-0.39, 0.29) is 24.5 Å². The fourth-order valence-corrected chi connectivity index (χ4v) is 5.13. The number of para-hydroxylation sites is 1. The molecule has 3 aromatic heterocycles. The van der Waals surface area contributed by atoms with Gasteiger partial charge in [-0.2, -0.15) is 0 Å². The van der Waals surface area contributed by atoms with Gasteiger partial charge in [-0.25, -0.2) is 4.98 Å². The third-order valence-corrected chi connectivity index (χ3v) is 6.84. The smallest absolute Gasteiger partial charge is 0.244 e. The molecule has 4 heterocycles. The second kappa shape index (κ2) is 9.91. The predicted octanol–water partition coefficient (Wildman–Crippen LogP) is 4.80. The van der Waals surface area contributed by atoms with Gasteiger partial charge in [0, 0.05) is 29.5 Å². The van der Waals surface area contributed by atoms with E-state index in [0.717, 1.165) is 39.7 Å². The molecule has 1 aliphatic rings. The molecule has 4 aromatic rings. The topological polar surface area (TPSA) is 75.1 Å². The lowest BCUT2D eigenvalue weighted by Crippen LogP contribution is -2.37. The Balaban J connectivity index is 1.53. The number of anilines is 1. The average molecular weight is 497 g/mol. The van der Waals surface area contributed by atoms with Crippen LogP contribution in [0.4, 0.5) is 5.69 Å². The molecule has 1 aromatic carbocycles. The fraction of sp³-hybridized carbons (Fsp3) is 0.214. The quantitative estimate of drug-likeness (QED) is 0.374. The maximum atomic E-state index is 13.1. The zero-order chi connectivity index (χ0) is 25.2. The number of pyridine rings is 2. The van der Waals surface area contributed by atoms with E-state index >= 15 is 0 Å². The lowest BCUT2D eigenvalue weighted by Gasteiger charge is -2.27. The largest absolute Gasteiger partial charge is 0.352 e. The predicted molar refractivity (Wildman–Crippen MR) is 145 cm³/mol. The van der Waals surface area contributed by atoms with Crippen LogP contribution in [0.15, 0.2) is 79.1 Å². The Morgan fingerprint density at radius 2 is 1.81 bits per heavy atom. The zero-order valence-electron chi connectivity index (χ0n) is 20.5. The van der Waals surface area contributed by atoms with E-state index in [1.807, 2.05) is 72.6 Å². The van der Waals surface area contributed by atoms with Gasteiger partial charge in [0.15, 0.2) is 5.11 Å². The number of amides is 1. The van der Waals surface area contributed by atoms with Gasteiger partial charge >= 0.3 is 0 Å². The number of benzene rings is 1. The molecule has 36 heavy (non-hydrogen) atoms. The third kappa shape index (κ3) is 4.59. The lowest BCUT2D eigenvalue weighted by molar-refractivity contribution is -0.116. The van der Waals surface area contributed by atoms with Crippen LogP contribution in [0.3, 0.4) is 0 Å². The Morgan fingerprint density at radius 3 is 2.50 bits per heavy atom. The monoisotopic (exact) mass is 496 g/mol. The molecule has 1 amide bonds. The lowest BCUT2D eigenvalue weighted by atomic mass is 9.96. The van der Waals surface area contributed by atoms with Crippen molar-refractivity contribution in [1.82, 2.24) is 24.8 Å². The molecular weight excluding hydrogens is 468 g/mol. The molecule has 1 fully saturated rings. The van der Waals surface area contributed by atoms with Crippen LogP contribution in [0.1, 0.15) is 40.3 Å². The van der Waals surface area contributed by atoms with Gasteiger partial charge in [0.2, 0.25) is 5.91 Å². The molecule has 2 N–H and O–H groups in total. The first-order chi connectivity index (χ1) is 17.4. The summed E-state index contributed by atoms with van der Waals surface area (Å²) in [5, 5.41) is 6.94. The Hall–Kier alpha value is -4.04. The summed E-state index contributed by atoms with van der Waals surface area (Å²) in [6, 6.07) is 21.1. The maximum Gasteiger partial charge on any atom is 0.244 e. The minimum atomic E-state index is -0.223. The van der Waals surface area contributed by atoms with Crippen molar-refractivity contribution >= 4 is 28.9 Å². The fourth-order valence-electron chi connectivity index (χ4n) is 4.82. The molecule has 182 valence electrons. The molecule has 5 rings (SSSR count). The van der Waals surface area contributed by atoms with Crippen LogP contribution in [-0.2, 0) is 4.79 Å². The van der Waals surface area contributed by atoms with E-state index in [0.29, 0.717) is 5.11 Å². The first-order valence-electron chi connectivity index (χ1n) is 11.9. The highest BCUT2D eigenvalue weighted by molar-refractivity contribution is 7.80. The van der Waals surface area contributed by atoms with E-state index < -0.39 is 0 Å². The average Bonchev–Trinajstić information content (AvgIpc) is 3.35. The van der Waals surface area contributed by atoms with Crippen molar-refractivity contribution in [3.63, 3.8) is 0 Å². The molecule has 0 radical (unpaired) electrons. The van der Waals surface area contributed by atoms with Gasteiger partial charge in [0.1, 0.15) is 12.4 Å². The summed E-state index contributed by atoms with van der Waals surface area (Å²) in [6.07, 6.45) is 3.65. The molecule has 0 bridgehead atoms. The van der Waals surface area contributed by atoms with Crippen molar-refractivity contribution in [2.75, 3.05) is 11.9 Å². The Bertz CT molecular complexity index is 1390. The molecular formula is C28H28N6OS. The summed E-state index contributed by atoms with van der Waals surface area (Å²) in [6.45, 7) is 6.30. The summed E-state index contributed by atoms with van der Waals surface area (Å²) in [4.78, 5) is 24.3. The van der Waals surface area contributed by atoms with Gasteiger partial charge in [0.25, 0.3) is 0 Å². The number of hydrogen-bond donors (Lipinski definition) is 2. The van der Waals surface area contributed by atoms with Crippen LogP contribution in [0, 0.1) is 20.8 Å². The molecule has 0 aliphatic carbocycles. The van der Waals surface area contributed by atoms with Crippen molar-refractivity contribution in [1.29, 1.82) is 0 Å². The van der Waals surface area contributed by atoms with Gasteiger partial charge in [-0.1, -0.05) is 30.3 Å². The second-order valence-corrected chi connectivity index (χ2v) is 9.41. The van der Waals surface area contributed by atoms with Gasteiger partial charge in [-0.05, 0) is 80.5 Å². The molecule has 1 saturated heterocycles. The number of thiocarbonyl (C=S) groups is 1. The third-order valence-electron chi connectivity index (χ3n) is 6.48. The number of nitrogens with zero attached hydrogens (tertiary/aromatic N) is 4. The minimum absolute atomic E-state index is 0.112. The van der Waals surface area contributed by atoms with Crippen molar-refractivity contribution in [2.24, 2.45) is 0 Å². The highest BCUT2D eigenvalue weighted by Crippen LogP contribution is 2.41. The van der Waals surface area contributed by atoms with Crippen LogP contribution in [-0.4, -0.2) is 37.0 Å². The zero-order valence-corrected chi connectivity index (χ0v) is 21.3. The first kappa shape index (κ1) is 23.7. The van der Waals surface area contributed by atoms with Crippen LogP contribution in [0.25, 0.3) is 5.82 Å². The standard InChI is InChI=1S/C28H28N6OS/c1-18-12-13-24(30-16-18)34-19(2)15-22(20(34)3)27-26(23-11-7-8-14-29-23)32-28(36)33(27)17-25(35)31-21-9-5-4-6-10-21/h4-16,26-27H,17H2,1-3H3,(H,31,35)(H,32,36)/t26-,27-/m1/s1. The summed E-state index contributed by atoms with van der Waals surface area (Å²) in [5.74, 6) is 0.726. The minimum Gasteiger partial charge on any atom is -0.352 e. The molecule has 1 aliphatic heterocycles. The van der Waals surface area contributed by atoms with E-state index in [2.05, 4.69) is 51.1 Å². The van der Waals surface area contributed by atoms with Crippen molar-refractivity contribution in [2.45, 2.75) is 32.9 Å². The summed E-state index contributed by atoms with van der Waals surface area (Å²) in [5.41, 5.74) is 5.92. The van der Waals surface area contributed by atoms with Gasteiger partial charge in [-0.3, -0.25) is 9.78 Å². The SMILES string of the molecule is Cc1ccc(-n2c(C)cc([C@@H]3[C@@H](c4ccccn4)NC(=S)N3CC(=O)Nc3ccccc3)c2C)nc1. The maximum absolute atomic E-state index is 13.1. The number of aromatic nitrogens is 3. The first-order valence-corrected chi connectivity index (χ1v) is 12.3. The number of rotatable bonds is 6. The van der Waals surface area contributed by atoms with Gasteiger partial charge < -0.3 is 20.1 Å². The van der Waals surface area contributed by atoms with E-state index in [1.165, 1.54) is 0 Å². The van der Waals surface area contributed by atoms with Gasteiger partial charge in [0.05, 0.1) is 17.8 Å². The van der Waals surface area contributed by atoms with Crippen molar-refractivity contribution in [3.05, 3.63) is 107 Å². The van der Waals surface area contributed by atoms with Crippen molar-refractivity contribution in [3.8, 4) is 5.82 Å². The number of aryl methyl sites for hydroxylation is 2. The summed E-state index contributed by atoms with van der Waals surface area (Å²) in [7, 11) is 0. The Kier molecular flexibility index (Phi) is 6.52. The summed E-state index contributed by atoms with van der Waals surface area (Å²) < 4.78 is 2.15. The highest BCUT2D eigenvalue weighted by atomic mass is 32.1. The summed E-state index contributed by atoms with van der Waals surface area (Å²) >= 11 is 5.76. The Morgan fingerprint density at radius 1 is 1.03 bits per heavy atom. The molecule has 0 unspecified atom stereocenters. The van der Waals surface area contributed by atoms with Crippen LogP contribution >= 0.6 is 12.2 Å². The molecule has 0 spiro atoms. The highest BCUT2D eigenvalue weighted by Gasteiger charge is 2.42. The van der Waals surface area contributed by atoms with E-state index in [1.54, 1.807) is 6.20 Å². The molecule has 2 atom stereocenters. The number of carbonyl (C=O) groups is 1. The van der Waals surface area contributed by atoms with Crippen LogP contribution in [0.5, 0.6) is 0 Å². The molecule has 8 heteroatoms. The second-order valence-electron chi connectivity index (χ2n) is 9.02. The number of carbonyl (C=O) groups excluding carboxylic acids is 1. The number of nitrogens with one attached hydrogen (secondary N) is 2. The molecule has 0 saturated carbocycles. The Labute approximate surface area is 216 Å². The normalized spacial score (nSPS) is 17.2.